The maximum atomic E-state index is 12.1. The standard InChI is InChI=1S/C18H27O7PS/c1-2-3-4-5-9-12-17(20)27-14-16(13-19)25-26(22,23)18(21)24-15-10-7-6-8-11-15/h6-8,10-11,16,19H,2-5,9,12-14H2,1H3,(H,22,23). The highest BCUT2D eigenvalue weighted by atomic mass is 32.2. The van der Waals surface area contributed by atoms with E-state index in [1.165, 1.54) is 12.1 Å². The van der Waals surface area contributed by atoms with Gasteiger partial charge in [0, 0.05) is 12.2 Å². The number of ether oxygens (including phenoxy) is 1. The Labute approximate surface area is 164 Å². The average Bonchev–Trinajstić information content (AvgIpc) is 2.65. The van der Waals surface area contributed by atoms with Crippen molar-refractivity contribution in [3.63, 3.8) is 0 Å². The molecule has 152 valence electrons. The number of thioether (sulfide) groups is 1. The molecule has 1 aromatic carbocycles. The Bertz CT molecular complexity index is 623. The number of hydrogen-bond acceptors (Lipinski definition) is 7. The van der Waals surface area contributed by atoms with Crippen LogP contribution in [0.2, 0.25) is 0 Å². The van der Waals surface area contributed by atoms with Gasteiger partial charge in [-0.25, -0.2) is 9.36 Å². The Morgan fingerprint density at radius 2 is 1.81 bits per heavy atom. The molecule has 2 N–H and O–H groups in total. The predicted octanol–water partition coefficient (Wildman–Crippen LogP) is 4.37. The first-order chi connectivity index (χ1) is 12.9. The maximum Gasteiger partial charge on any atom is 0.436 e. The summed E-state index contributed by atoms with van der Waals surface area (Å²) in [6, 6.07) is 7.82. The van der Waals surface area contributed by atoms with Crippen LogP contribution in [0.3, 0.4) is 0 Å². The summed E-state index contributed by atoms with van der Waals surface area (Å²) < 4.78 is 21.7. The number of hydrogen-bond donors (Lipinski definition) is 2. The zero-order valence-electron chi connectivity index (χ0n) is 15.4. The second kappa shape index (κ2) is 13.1. The molecule has 0 aromatic heterocycles. The first-order valence-corrected chi connectivity index (χ1v) is 11.5. The van der Waals surface area contributed by atoms with Crippen LogP contribution in [0.25, 0.3) is 0 Å². The van der Waals surface area contributed by atoms with Gasteiger partial charge in [0.05, 0.1) is 6.61 Å². The molecule has 0 spiro atoms. The van der Waals surface area contributed by atoms with Crippen molar-refractivity contribution < 1.29 is 33.4 Å². The number of para-hydroxylation sites is 1. The summed E-state index contributed by atoms with van der Waals surface area (Å²) >= 11 is 0.921. The Hall–Kier alpha value is -1.18. The zero-order chi connectivity index (χ0) is 20.1. The fourth-order valence-corrected chi connectivity index (χ4v) is 3.93. The zero-order valence-corrected chi connectivity index (χ0v) is 17.1. The normalized spacial score (nSPS) is 14.3. The Balaban J connectivity index is 2.40. The molecule has 2 atom stereocenters. The van der Waals surface area contributed by atoms with Crippen molar-refractivity contribution in [3.8, 4) is 5.75 Å². The van der Waals surface area contributed by atoms with Crippen LogP contribution in [0.4, 0.5) is 4.79 Å². The topological polar surface area (TPSA) is 110 Å². The monoisotopic (exact) mass is 418 g/mol. The van der Waals surface area contributed by atoms with Crippen molar-refractivity contribution in [2.24, 2.45) is 0 Å². The fourth-order valence-electron chi connectivity index (χ4n) is 2.14. The van der Waals surface area contributed by atoms with Crippen LogP contribution in [0.15, 0.2) is 30.3 Å². The minimum absolute atomic E-state index is 0.0204. The lowest BCUT2D eigenvalue weighted by atomic mass is 10.1. The summed E-state index contributed by atoms with van der Waals surface area (Å²) in [5.41, 5.74) is -1.43. The summed E-state index contributed by atoms with van der Waals surface area (Å²) in [6.07, 6.45) is 4.42. The molecule has 2 unspecified atom stereocenters. The van der Waals surface area contributed by atoms with Gasteiger partial charge in [0.15, 0.2) is 5.12 Å². The number of unbranched alkanes of at least 4 members (excludes halogenated alkanes) is 4. The van der Waals surface area contributed by atoms with E-state index in [1.807, 2.05) is 0 Å². The van der Waals surface area contributed by atoms with E-state index in [2.05, 4.69) is 6.92 Å². The largest absolute Gasteiger partial charge is 0.436 e. The number of aliphatic hydroxyl groups excluding tert-OH is 1. The van der Waals surface area contributed by atoms with Crippen LogP contribution >= 0.6 is 19.4 Å². The Morgan fingerprint density at radius 1 is 1.15 bits per heavy atom. The first kappa shape index (κ1) is 23.9. The van der Waals surface area contributed by atoms with E-state index in [0.29, 0.717) is 6.42 Å². The van der Waals surface area contributed by atoms with Crippen LogP contribution in [-0.4, -0.2) is 39.3 Å². The van der Waals surface area contributed by atoms with Crippen LogP contribution in [0.5, 0.6) is 5.75 Å². The lowest BCUT2D eigenvalue weighted by molar-refractivity contribution is -0.111. The van der Waals surface area contributed by atoms with Gasteiger partial charge in [0.2, 0.25) is 0 Å². The second-order valence-electron chi connectivity index (χ2n) is 5.96. The van der Waals surface area contributed by atoms with Crippen LogP contribution in [0.1, 0.15) is 45.4 Å². The molecule has 0 heterocycles. The minimum Gasteiger partial charge on any atom is -0.417 e. The summed E-state index contributed by atoms with van der Waals surface area (Å²) in [4.78, 5) is 33.5. The first-order valence-electron chi connectivity index (χ1n) is 8.94. The summed E-state index contributed by atoms with van der Waals surface area (Å²) in [5.74, 6) is 0.0848. The van der Waals surface area contributed by atoms with Gasteiger partial charge >= 0.3 is 13.3 Å². The van der Waals surface area contributed by atoms with E-state index < -0.39 is 26.0 Å². The van der Waals surface area contributed by atoms with Gasteiger partial charge in [-0.3, -0.25) is 9.32 Å². The Morgan fingerprint density at radius 3 is 2.44 bits per heavy atom. The number of aliphatic hydroxyl groups is 1. The van der Waals surface area contributed by atoms with E-state index in [4.69, 9.17) is 9.26 Å². The molecule has 27 heavy (non-hydrogen) atoms. The lowest BCUT2D eigenvalue weighted by Crippen LogP contribution is -2.23. The molecule has 0 aliphatic heterocycles. The molecular formula is C18H27O7PS. The molecule has 0 saturated carbocycles. The van der Waals surface area contributed by atoms with Crippen LogP contribution in [0, 0.1) is 0 Å². The highest BCUT2D eigenvalue weighted by Gasteiger charge is 2.36. The third-order valence-corrected chi connectivity index (χ3v) is 5.79. The van der Waals surface area contributed by atoms with Gasteiger partial charge in [-0.05, 0) is 18.6 Å². The van der Waals surface area contributed by atoms with Gasteiger partial charge in [0.25, 0.3) is 0 Å². The van der Waals surface area contributed by atoms with Crippen molar-refractivity contribution in [2.45, 2.75) is 51.6 Å². The Kier molecular flexibility index (Phi) is 11.6. The molecular weight excluding hydrogens is 391 g/mol. The van der Waals surface area contributed by atoms with E-state index in [1.54, 1.807) is 18.2 Å². The fraction of sp³-hybridized carbons (Fsp3) is 0.556. The minimum atomic E-state index is -4.76. The molecule has 0 saturated heterocycles. The number of rotatable bonds is 13. The molecule has 7 nitrogen and oxygen atoms in total. The van der Waals surface area contributed by atoms with E-state index >= 15 is 0 Å². The quantitative estimate of drug-likeness (QED) is 0.359. The van der Waals surface area contributed by atoms with Gasteiger partial charge in [-0.15, -0.1) is 0 Å². The lowest BCUT2D eigenvalue weighted by Gasteiger charge is -2.17. The van der Waals surface area contributed by atoms with E-state index in [0.717, 1.165) is 43.9 Å². The SMILES string of the molecule is CCCCCCCC(=O)SCC(CO)OP(=O)(O)C(=O)Oc1ccccc1. The number of benzene rings is 1. The molecule has 0 radical (unpaired) electrons. The predicted molar refractivity (Wildman–Crippen MR) is 105 cm³/mol. The van der Waals surface area contributed by atoms with Crippen molar-refractivity contribution in [1.82, 2.24) is 0 Å². The van der Waals surface area contributed by atoms with Gasteiger partial charge in [-0.1, -0.05) is 62.6 Å². The van der Waals surface area contributed by atoms with Crippen molar-refractivity contribution >= 4 is 30.2 Å². The average molecular weight is 418 g/mol. The van der Waals surface area contributed by atoms with E-state index in [9.17, 15) is 24.2 Å². The van der Waals surface area contributed by atoms with Crippen molar-refractivity contribution in [2.75, 3.05) is 12.4 Å². The molecule has 0 bridgehead atoms. The molecule has 0 aliphatic rings. The van der Waals surface area contributed by atoms with Crippen LogP contribution in [-0.2, 0) is 13.9 Å². The molecule has 0 fully saturated rings. The molecule has 9 heteroatoms. The smallest absolute Gasteiger partial charge is 0.417 e. The summed E-state index contributed by atoms with van der Waals surface area (Å²) in [6.45, 7) is 1.52. The van der Waals surface area contributed by atoms with Gasteiger partial charge in [0.1, 0.15) is 11.9 Å². The number of carbonyl (C=O) groups excluding carboxylic acids is 2. The highest BCUT2D eigenvalue weighted by Crippen LogP contribution is 2.45. The van der Waals surface area contributed by atoms with Crippen molar-refractivity contribution in [3.05, 3.63) is 30.3 Å². The number of carbonyl (C=O) groups is 2. The summed E-state index contributed by atoms with van der Waals surface area (Å²) in [7, 11) is -4.76. The van der Waals surface area contributed by atoms with Gasteiger partial charge in [-0.2, -0.15) is 0 Å². The molecule has 1 rings (SSSR count). The molecule has 0 aliphatic carbocycles. The van der Waals surface area contributed by atoms with Gasteiger partial charge < -0.3 is 14.7 Å². The summed E-state index contributed by atoms with van der Waals surface area (Å²) in [5, 5.41) is 9.24. The van der Waals surface area contributed by atoms with Crippen molar-refractivity contribution in [1.29, 1.82) is 0 Å². The van der Waals surface area contributed by atoms with Crippen LogP contribution < -0.4 is 4.74 Å². The maximum absolute atomic E-state index is 12.1. The molecule has 0 amide bonds. The third-order valence-electron chi connectivity index (χ3n) is 3.59. The highest BCUT2D eigenvalue weighted by molar-refractivity contribution is 8.13. The van der Waals surface area contributed by atoms with E-state index in [-0.39, 0.29) is 16.6 Å². The third kappa shape index (κ3) is 10.1. The molecule has 1 aromatic rings. The second-order valence-corrected chi connectivity index (χ2v) is 8.65.